The van der Waals surface area contributed by atoms with E-state index in [9.17, 15) is 19.8 Å². The van der Waals surface area contributed by atoms with Crippen LogP contribution in [0.4, 0.5) is 5.69 Å². The van der Waals surface area contributed by atoms with Crippen molar-refractivity contribution in [3.05, 3.63) is 29.8 Å². The van der Waals surface area contributed by atoms with Gasteiger partial charge in [0.05, 0.1) is 29.6 Å². The fourth-order valence-electron chi connectivity index (χ4n) is 11.6. The van der Waals surface area contributed by atoms with Crippen LogP contribution in [-0.4, -0.2) is 103 Å². The molecule has 5 aliphatic carbocycles. The lowest BCUT2D eigenvalue weighted by Gasteiger charge is -2.70. The number of amides is 1. The van der Waals surface area contributed by atoms with Crippen molar-refractivity contribution in [3.8, 4) is 0 Å². The summed E-state index contributed by atoms with van der Waals surface area (Å²) in [5, 5.41) is 28.4. The Morgan fingerprint density at radius 2 is 1.83 bits per heavy atom. The number of rotatable bonds is 7. The van der Waals surface area contributed by atoms with E-state index in [1.165, 1.54) is 6.92 Å². The SMILES string of the molecule is CCN1C[C@]2(OC(=O)c3ccccc3NC(C)=O)CCC(OC)C34C2CC([C@@H]13)[C@@]1(O)CC(OC)C2CC4[C@]1(O)[C@H]2OC. The van der Waals surface area contributed by atoms with Crippen molar-refractivity contribution in [2.24, 2.45) is 29.1 Å². The highest BCUT2D eigenvalue weighted by Gasteiger charge is 2.89. The molecule has 12 atom stereocenters. The Hall–Kier alpha value is -2.08. The number of carbonyl (C=O) groups excluding carboxylic acids is 2. The highest BCUT2D eigenvalue weighted by Crippen LogP contribution is 2.79. The summed E-state index contributed by atoms with van der Waals surface area (Å²) in [6.45, 7) is 4.79. The van der Waals surface area contributed by atoms with Gasteiger partial charge in [-0.15, -0.1) is 0 Å². The van der Waals surface area contributed by atoms with Gasteiger partial charge in [-0.3, -0.25) is 9.69 Å². The topological polar surface area (TPSA) is 127 Å². The van der Waals surface area contributed by atoms with Crippen molar-refractivity contribution in [1.82, 2.24) is 4.90 Å². The van der Waals surface area contributed by atoms with Gasteiger partial charge in [0.2, 0.25) is 5.91 Å². The molecule has 6 aliphatic rings. The summed E-state index contributed by atoms with van der Waals surface area (Å²) in [5.41, 5.74) is -3.57. The lowest BCUT2D eigenvalue weighted by atomic mass is 9.44. The minimum Gasteiger partial charge on any atom is -0.454 e. The van der Waals surface area contributed by atoms with Crippen LogP contribution in [0.2, 0.25) is 0 Å². The summed E-state index contributed by atoms with van der Waals surface area (Å²) in [6.07, 6.45) is 1.91. The summed E-state index contributed by atoms with van der Waals surface area (Å²) < 4.78 is 25.1. The van der Waals surface area contributed by atoms with Gasteiger partial charge in [-0.2, -0.15) is 0 Å². The van der Waals surface area contributed by atoms with E-state index in [0.29, 0.717) is 56.4 Å². The Morgan fingerprint density at radius 1 is 1.07 bits per heavy atom. The second-order valence-corrected chi connectivity index (χ2v) is 13.7. The molecule has 1 aromatic carbocycles. The maximum Gasteiger partial charge on any atom is 0.340 e. The van der Waals surface area contributed by atoms with Crippen LogP contribution >= 0.6 is 0 Å². The van der Waals surface area contributed by atoms with Crippen molar-refractivity contribution in [3.63, 3.8) is 0 Å². The fraction of sp³-hybridized carbons (Fsp3) is 0.750. The zero-order valence-electron chi connectivity index (χ0n) is 25.2. The Morgan fingerprint density at radius 3 is 2.50 bits per heavy atom. The smallest absolute Gasteiger partial charge is 0.340 e. The van der Waals surface area contributed by atoms with E-state index in [2.05, 4.69) is 17.1 Å². The van der Waals surface area contributed by atoms with E-state index in [1.807, 2.05) is 0 Å². The first-order chi connectivity index (χ1) is 20.1. The minimum absolute atomic E-state index is 0.0432. The molecule has 0 aromatic heterocycles. The van der Waals surface area contributed by atoms with Gasteiger partial charge in [0.1, 0.15) is 16.8 Å². The summed E-state index contributed by atoms with van der Waals surface area (Å²) in [7, 11) is 5.05. The van der Waals surface area contributed by atoms with Gasteiger partial charge < -0.3 is 34.5 Å². The number of ether oxygens (including phenoxy) is 4. The van der Waals surface area contributed by atoms with E-state index in [0.717, 1.165) is 0 Å². The standard InChI is InChI=1S/C32H44N2O8/c1-6-34-16-29(42-28(36)18-9-7-8-10-21(18)33-17(2)35)12-11-25(40-4)31-23(29)14-20(26(31)34)30(37)15-22(39-3)19-13-24(31)32(30,38)27(19)41-5/h7-10,19-20,22-27,37-38H,6,11-16H2,1-5H3,(H,33,35)/t19?,20?,22?,23?,24?,25?,26-,27+,29-,30+,31?,32+/m1/s1. The minimum atomic E-state index is -1.48. The summed E-state index contributed by atoms with van der Waals surface area (Å²) in [5.74, 6) is -1.54. The Bertz CT molecular complexity index is 1290. The van der Waals surface area contributed by atoms with Gasteiger partial charge in [0.25, 0.3) is 0 Å². The number of carbonyl (C=O) groups is 2. The molecule has 7 unspecified atom stereocenters. The average molecular weight is 585 g/mol. The molecule has 3 N–H and O–H groups in total. The zero-order valence-corrected chi connectivity index (χ0v) is 25.2. The number of para-hydroxylation sites is 1. The first kappa shape index (κ1) is 28.7. The van der Waals surface area contributed by atoms with Crippen LogP contribution in [0.1, 0.15) is 56.3 Å². The highest BCUT2D eigenvalue weighted by molar-refractivity contribution is 6.00. The highest BCUT2D eigenvalue weighted by atomic mass is 16.6. The predicted octanol–water partition coefficient (Wildman–Crippen LogP) is 2.22. The number of piperidine rings is 1. The molecule has 5 saturated carbocycles. The number of nitrogens with zero attached hydrogens (tertiary/aromatic N) is 1. The molecular weight excluding hydrogens is 540 g/mol. The number of anilines is 1. The monoisotopic (exact) mass is 584 g/mol. The molecule has 1 heterocycles. The fourth-order valence-corrected chi connectivity index (χ4v) is 11.6. The lowest BCUT2D eigenvalue weighted by molar-refractivity contribution is -0.337. The summed E-state index contributed by atoms with van der Waals surface area (Å²) in [6, 6.07) is 6.89. The van der Waals surface area contributed by atoms with Crippen molar-refractivity contribution in [2.75, 3.05) is 39.7 Å². The van der Waals surface area contributed by atoms with E-state index in [4.69, 9.17) is 18.9 Å². The molecule has 1 aliphatic heterocycles. The molecule has 6 fully saturated rings. The maximum absolute atomic E-state index is 14.0. The van der Waals surface area contributed by atoms with E-state index in [-0.39, 0.29) is 47.8 Å². The molecular formula is C32H44N2O8. The number of likely N-dealkylation sites (tertiary alicyclic amines) is 1. The first-order valence-corrected chi connectivity index (χ1v) is 15.4. The van der Waals surface area contributed by atoms with Crippen LogP contribution in [0.15, 0.2) is 24.3 Å². The summed E-state index contributed by atoms with van der Waals surface area (Å²) in [4.78, 5) is 28.3. The van der Waals surface area contributed by atoms with E-state index in [1.54, 1.807) is 45.6 Å². The molecule has 1 aromatic rings. The molecule has 0 radical (unpaired) electrons. The molecule has 230 valence electrons. The number of hydrogen-bond donors (Lipinski definition) is 3. The largest absolute Gasteiger partial charge is 0.454 e. The lowest BCUT2D eigenvalue weighted by Crippen LogP contribution is -2.83. The molecule has 7 bridgehead atoms. The zero-order chi connectivity index (χ0) is 29.8. The van der Waals surface area contributed by atoms with E-state index >= 15 is 0 Å². The Kier molecular flexibility index (Phi) is 6.46. The van der Waals surface area contributed by atoms with E-state index < -0.39 is 34.3 Å². The molecule has 42 heavy (non-hydrogen) atoms. The van der Waals surface area contributed by atoms with Gasteiger partial charge in [-0.1, -0.05) is 19.1 Å². The number of likely N-dealkylation sites (N-methyl/N-ethyl adjacent to an activating group) is 1. The number of nitrogens with one attached hydrogen (secondary N) is 1. The number of esters is 1. The molecule has 7 rings (SSSR count). The van der Waals surface area contributed by atoms with Crippen LogP contribution in [0.3, 0.4) is 0 Å². The molecule has 1 spiro atoms. The van der Waals surface area contributed by atoms with Crippen LogP contribution in [-0.2, 0) is 23.7 Å². The van der Waals surface area contributed by atoms with Crippen LogP contribution in [0.25, 0.3) is 0 Å². The maximum atomic E-state index is 14.0. The second kappa shape index (κ2) is 9.46. The van der Waals surface area contributed by atoms with Gasteiger partial charge in [-0.25, -0.2) is 4.79 Å². The third kappa shape index (κ3) is 3.21. The Labute approximate surface area is 247 Å². The van der Waals surface area contributed by atoms with Gasteiger partial charge in [0, 0.05) is 76.3 Å². The van der Waals surface area contributed by atoms with Gasteiger partial charge in [-0.05, 0) is 44.4 Å². The number of fused-ring (bicyclic) bond motifs is 2. The number of methoxy groups -OCH3 is 3. The molecule has 10 heteroatoms. The third-order valence-electron chi connectivity index (χ3n) is 12.6. The van der Waals surface area contributed by atoms with Gasteiger partial charge >= 0.3 is 5.97 Å². The Balaban J connectivity index is 1.38. The molecule has 1 saturated heterocycles. The normalized spacial score (nSPS) is 48.2. The number of hydrogen-bond acceptors (Lipinski definition) is 9. The van der Waals surface area contributed by atoms with Crippen molar-refractivity contribution < 1.29 is 38.7 Å². The quantitative estimate of drug-likeness (QED) is 0.414. The van der Waals surface area contributed by atoms with Crippen molar-refractivity contribution >= 4 is 17.6 Å². The van der Waals surface area contributed by atoms with Gasteiger partial charge in [0.15, 0.2) is 0 Å². The van der Waals surface area contributed by atoms with Crippen molar-refractivity contribution in [2.45, 2.75) is 87.1 Å². The summed E-state index contributed by atoms with van der Waals surface area (Å²) >= 11 is 0. The first-order valence-electron chi connectivity index (χ1n) is 15.4. The van der Waals surface area contributed by atoms with Crippen LogP contribution < -0.4 is 5.32 Å². The molecule has 1 amide bonds. The molecule has 10 nitrogen and oxygen atoms in total. The van der Waals surface area contributed by atoms with Crippen molar-refractivity contribution in [1.29, 1.82) is 0 Å². The van der Waals surface area contributed by atoms with Crippen LogP contribution in [0.5, 0.6) is 0 Å². The number of benzene rings is 1. The predicted molar refractivity (Wildman–Crippen MR) is 152 cm³/mol. The number of aliphatic hydroxyl groups is 2. The second-order valence-electron chi connectivity index (χ2n) is 13.7. The average Bonchev–Trinajstić information content (AvgIpc) is 3.39. The van der Waals surface area contributed by atoms with Crippen LogP contribution in [0, 0.1) is 29.1 Å². The third-order valence-corrected chi connectivity index (χ3v) is 12.6.